The molecule has 11 N–H and O–H groups in total. The Hall–Kier alpha value is -0.400. The van der Waals surface area contributed by atoms with E-state index in [2.05, 4.69) is 0 Å². The smallest absolute Gasteiger partial charge is 0.186 e. The molecule has 2 fully saturated rings. The Morgan fingerprint density at radius 2 is 1.55 bits per heavy atom. The van der Waals surface area contributed by atoms with Crippen molar-refractivity contribution in [1.82, 2.24) is 0 Å². The predicted molar refractivity (Wildman–Crippen MR) is 73.2 cm³/mol. The van der Waals surface area contributed by atoms with Crippen LogP contribution in [0.1, 0.15) is 6.42 Å². The lowest BCUT2D eigenvalue weighted by Gasteiger charge is -2.45. The maximum Gasteiger partial charge on any atom is 0.186 e. The van der Waals surface area contributed by atoms with E-state index in [1.807, 2.05) is 0 Å². The van der Waals surface area contributed by atoms with Crippen LogP contribution in [0, 0.1) is 0 Å². The summed E-state index contributed by atoms with van der Waals surface area (Å²) in [5.41, 5.74) is 17.2. The van der Waals surface area contributed by atoms with E-state index in [1.54, 1.807) is 0 Å². The monoisotopic (exact) mass is 323 g/mol. The SMILES string of the molecule is N[C@@H]1[C@@H](O)[C@@H](O[C@@H]2[C@@H](O)[C@H](O)[C@@H](N)C[C@H]2N)O[C@H](CO)[C@H]1O. The summed E-state index contributed by atoms with van der Waals surface area (Å²) in [6, 6.07) is -2.46. The fourth-order valence-electron chi connectivity index (χ4n) is 2.85. The molecule has 0 spiro atoms. The van der Waals surface area contributed by atoms with Crippen molar-refractivity contribution >= 4 is 0 Å². The van der Waals surface area contributed by atoms with Crippen molar-refractivity contribution in [3.63, 3.8) is 0 Å². The average Bonchev–Trinajstić information content (AvgIpc) is 2.49. The third-order valence-corrected chi connectivity index (χ3v) is 4.32. The number of nitrogens with two attached hydrogens (primary N) is 3. The van der Waals surface area contributed by atoms with Crippen LogP contribution in [-0.2, 0) is 9.47 Å². The summed E-state index contributed by atoms with van der Waals surface area (Å²) < 4.78 is 10.7. The van der Waals surface area contributed by atoms with E-state index in [4.69, 9.17) is 31.8 Å². The van der Waals surface area contributed by atoms with Crippen LogP contribution in [0.4, 0.5) is 0 Å². The zero-order chi connectivity index (χ0) is 16.6. The van der Waals surface area contributed by atoms with Crippen LogP contribution < -0.4 is 17.2 Å². The second-order valence-corrected chi connectivity index (χ2v) is 5.93. The van der Waals surface area contributed by atoms with E-state index in [9.17, 15) is 20.4 Å². The van der Waals surface area contributed by atoms with E-state index in [0.29, 0.717) is 0 Å². The maximum atomic E-state index is 10.0. The summed E-state index contributed by atoms with van der Waals surface area (Å²) in [5, 5.41) is 48.8. The zero-order valence-electron chi connectivity index (χ0n) is 12.0. The van der Waals surface area contributed by atoms with Crippen LogP contribution >= 0.6 is 0 Å². The first-order valence-corrected chi connectivity index (χ1v) is 7.18. The molecule has 0 amide bonds. The van der Waals surface area contributed by atoms with Crippen molar-refractivity contribution < 1.29 is 35.0 Å². The molecule has 10 nitrogen and oxygen atoms in total. The molecule has 0 aromatic rings. The average molecular weight is 323 g/mol. The minimum absolute atomic E-state index is 0.212. The first kappa shape index (κ1) is 17.9. The lowest BCUT2D eigenvalue weighted by molar-refractivity contribution is -0.304. The largest absolute Gasteiger partial charge is 0.394 e. The van der Waals surface area contributed by atoms with Crippen molar-refractivity contribution in [3.05, 3.63) is 0 Å². The molecule has 1 saturated carbocycles. The molecule has 10 heteroatoms. The molecular weight excluding hydrogens is 298 g/mol. The standard InChI is InChI=1S/C12H25N3O7/c13-3-1-4(14)11(10(20)7(3)17)22-12-9(19)6(15)8(18)5(2-16)21-12/h3-12,16-20H,1-2,13-15H2/t3-,4+,5+,6-,7+,8+,9+,10-,11-,12+/m0/s1. The van der Waals surface area contributed by atoms with Crippen molar-refractivity contribution in [1.29, 1.82) is 0 Å². The lowest BCUT2D eigenvalue weighted by atomic mass is 9.84. The summed E-state index contributed by atoms with van der Waals surface area (Å²) in [7, 11) is 0. The Morgan fingerprint density at radius 3 is 2.14 bits per heavy atom. The minimum Gasteiger partial charge on any atom is -0.394 e. The summed E-state index contributed by atoms with van der Waals surface area (Å²) >= 11 is 0. The fraction of sp³-hybridized carbons (Fsp3) is 1.00. The number of aliphatic hydroxyl groups is 5. The first-order valence-electron chi connectivity index (χ1n) is 7.18. The highest BCUT2D eigenvalue weighted by atomic mass is 16.7. The van der Waals surface area contributed by atoms with Gasteiger partial charge in [-0.15, -0.1) is 0 Å². The Balaban J connectivity index is 2.08. The van der Waals surface area contributed by atoms with Gasteiger partial charge in [-0.25, -0.2) is 0 Å². The number of rotatable bonds is 3. The van der Waals surface area contributed by atoms with E-state index in [1.165, 1.54) is 0 Å². The Kier molecular flexibility index (Phi) is 5.72. The van der Waals surface area contributed by atoms with Gasteiger partial charge in [0.2, 0.25) is 0 Å². The van der Waals surface area contributed by atoms with E-state index < -0.39 is 67.6 Å². The first-order chi connectivity index (χ1) is 10.3. The molecule has 0 unspecified atom stereocenters. The van der Waals surface area contributed by atoms with Crippen molar-refractivity contribution in [3.8, 4) is 0 Å². The van der Waals surface area contributed by atoms with Gasteiger partial charge in [0.25, 0.3) is 0 Å². The maximum absolute atomic E-state index is 10.0. The van der Waals surface area contributed by atoms with Crippen molar-refractivity contribution in [2.75, 3.05) is 6.61 Å². The molecule has 2 aliphatic rings. The van der Waals surface area contributed by atoms with Crippen LogP contribution in [-0.4, -0.2) is 93.2 Å². The molecular formula is C12H25N3O7. The molecule has 0 aromatic carbocycles. The lowest BCUT2D eigenvalue weighted by Crippen LogP contribution is -2.67. The van der Waals surface area contributed by atoms with Crippen molar-refractivity contribution in [2.24, 2.45) is 17.2 Å². The highest BCUT2D eigenvalue weighted by Gasteiger charge is 2.48. The molecule has 1 heterocycles. The highest BCUT2D eigenvalue weighted by molar-refractivity contribution is 4.99. The van der Waals surface area contributed by atoms with Gasteiger partial charge in [0.1, 0.15) is 30.5 Å². The van der Waals surface area contributed by atoms with E-state index in [0.717, 1.165) is 0 Å². The van der Waals surface area contributed by atoms with Gasteiger partial charge in [0, 0.05) is 12.1 Å². The van der Waals surface area contributed by atoms with Gasteiger partial charge < -0.3 is 52.2 Å². The zero-order valence-corrected chi connectivity index (χ0v) is 12.0. The molecule has 0 aromatic heterocycles. The molecule has 1 aliphatic carbocycles. The van der Waals surface area contributed by atoms with Crippen LogP contribution in [0.15, 0.2) is 0 Å². The third-order valence-electron chi connectivity index (χ3n) is 4.32. The number of hydrogen-bond donors (Lipinski definition) is 8. The summed E-state index contributed by atoms with van der Waals surface area (Å²) in [4.78, 5) is 0. The topological polar surface area (TPSA) is 198 Å². The van der Waals surface area contributed by atoms with Gasteiger partial charge >= 0.3 is 0 Å². The van der Waals surface area contributed by atoms with Crippen LogP contribution in [0.3, 0.4) is 0 Å². The van der Waals surface area contributed by atoms with Gasteiger partial charge in [-0.2, -0.15) is 0 Å². The molecule has 130 valence electrons. The number of hydrogen-bond acceptors (Lipinski definition) is 10. The fourth-order valence-corrected chi connectivity index (χ4v) is 2.85. The number of ether oxygens (including phenoxy) is 2. The van der Waals surface area contributed by atoms with Gasteiger partial charge in [-0.3, -0.25) is 0 Å². The van der Waals surface area contributed by atoms with Gasteiger partial charge in [-0.05, 0) is 6.42 Å². The molecule has 1 saturated heterocycles. The summed E-state index contributed by atoms with van der Waals surface area (Å²) in [6.45, 7) is -0.520. The molecule has 2 rings (SSSR count). The second kappa shape index (κ2) is 7.01. The second-order valence-electron chi connectivity index (χ2n) is 5.93. The summed E-state index contributed by atoms with van der Waals surface area (Å²) in [6.07, 6.45) is -8.38. The van der Waals surface area contributed by atoms with E-state index >= 15 is 0 Å². The van der Waals surface area contributed by atoms with Crippen LogP contribution in [0.25, 0.3) is 0 Å². The Morgan fingerprint density at radius 1 is 0.909 bits per heavy atom. The minimum atomic E-state index is -1.38. The Labute approximate surface area is 127 Å². The van der Waals surface area contributed by atoms with Gasteiger partial charge in [0.15, 0.2) is 6.29 Å². The third kappa shape index (κ3) is 3.26. The predicted octanol–water partition coefficient (Wildman–Crippen LogP) is -5.08. The summed E-state index contributed by atoms with van der Waals surface area (Å²) in [5.74, 6) is 0. The quantitative estimate of drug-likeness (QED) is 0.248. The normalized spacial score (nSPS) is 53.5. The highest BCUT2D eigenvalue weighted by Crippen LogP contribution is 2.27. The van der Waals surface area contributed by atoms with Crippen LogP contribution in [0.2, 0.25) is 0 Å². The van der Waals surface area contributed by atoms with Gasteiger partial charge in [0.05, 0.1) is 18.8 Å². The van der Waals surface area contributed by atoms with Crippen molar-refractivity contribution in [2.45, 2.75) is 67.5 Å². The number of aliphatic hydroxyl groups excluding tert-OH is 5. The molecule has 22 heavy (non-hydrogen) atoms. The van der Waals surface area contributed by atoms with Gasteiger partial charge in [-0.1, -0.05) is 0 Å². The van der Waals surface area contributed by atoms with Crippen LogP contribution in [0.5, 0.6) is 0 Å². The Bertz CT molecular complexity index is 375. The molecule has 0 radical (unpaired) electrons. The molecule has 0 bridgehead atoms. The van der Waals surface area contributed by atoms with E-state index in [-0.39, 0.29) is 6.42 Å². The molecule has 1 aliphatic heterocycles. The molecule has 10 atom stereocenters.